The first-order valence-electron chi connectivity index (χ1n) is 8.62. The molecule has 1 fully saturated rings. The molecule has 1 aliphatic heterocycles. The minimum absolute atomic E-state index is 0.0580. The van der Waals surface area contributed by atoms with Crippen LogP contribution in [0.4, 0.5) is 0 Å². The summed E-state index contributed by atoms with van der Waals surface area (Å²) in [4.78, 5) is 22.3. The van der Waals surface area contributed by atoms with Crippen molar-refractivity contribution >= 4 is 45.1 Å². The number of benzene rings is 2. The van der Waals surface area contributed by atoms with Crippen LogP contribution in [0.3, 0.4) is 0 Å². The minimum atomic E-state index is -3.93. The summed E-state index contributed by atoms with van der Waals surface area (Å²) in [6.45, 7) is 1.85. The van der Waals surface area contributed by atoms with E-state index in [1.807, 2.05) is 6.92 Å². The van der Waals surface area contributed by atoms with E-state index in [4.69, 9.17) is 4.18 Å². The summed E-state index contributed by atoms with van der Waals surface area (Å²) < 4.78 is 29.7. The number of carboxylic acid groups (broad SMARTS) is 1. The third-order valence-electron chi connectivity index (χ3n) is 3.88. The normalized spacial score (nSPS) is 18.0. The van der Waals surface area contributed by atoms with Crippen LogP contribution >= 0.6 is 11.8 Å². The smallest absolute Gasteiger partial charge is 0.339 e. The van der Waals surface area contributed by atoms with Crippen LogP contribution in [0.25, 0.3) is 0 Å². The third kappa shape index (κ3) is 5.67. The molecule has 1 atom stereocenters. The van der Waals surface area contributed by atoms with Gasteiger partial charge in [-0.15, -0.1) is 5.10 Å². The number of aliphatic carboxylic acids is 1. The molecule has 0 bridgehead atoms. The predicted octanol–water partition coefficient (Wildman–Crippen LogP) is 0.824. The van der Waals surface area contributed by atoms with Crippen molar-refractivity contribution < 1.29 is 27.3 Å². The van der Waals surface area contributed by atoms with Crippen molar-refractivity contribution in [2.24, 2.45) is 10.2 Å². The Kier molecular flexibility index (Phi) is 6.53. The van der Waals surface area contributed by atoms with Crippen molar-refractivity contribution in [2.45, 2.75) is 23.5 Å². The molecular formula is C19H16N3O6S2-. The molecule has 2 aromatic rings. The molecule has 0 saturated carbocycles. The summed E-state index contributed by atoms with van der Waals surface area (Å²) in [6.07, 6.45) is 0.982. The lowest BCUT2D eigenvalue weighted by Gasteiger charge is -2.07. The van der Waals surface area contributed by atoms with Gasteiger partial charge in [-0.05, 0) is 48.9 Å². The Morgan fingerprint density at radius 1 is 1.20 bits per heavy atom. The van der Waals surface area contributed by atoms with E-state index in [9.17, 15) is 23.1 Å². The van der Waals surface area contributed by atoms with Crippen molar-refractivity contribution in [1.82, 2.24) is 5.32 Å². The number of aryl methyl sites for hydroxylation is 1. The average Bonchev–Trinajstić information content (AvgIpc) is 3.02. The second kappa shape index (κ2) is 9.09. The standard InChI is InChI=1S/C19H17N3O6S2/c1-12-2-8-15(9-3-12)30(26,27)28-14-6-4-13(5-7-14)11-20-22-19-21-18(25)16(29-19)10-17(23)24/h2-9,11,16H,10H2,1H3,(H,23,24)(H,21,22,25)/p-1/b20-11-/t16-/m0/s1. The zero-order valence-electron chi connectivity index (χ0n) is 15.6. The van der Waals surface area contributed by atoms with Gasteiger partial charge >= 0.3 is 10.1 Å². The molecule has 1 heterocycles. The maximum absolute atomic E-state index is 12.3. The number of amidine groups is 1. The Morgan fingerprint density at radius 2 is 1.87 bits per heavy atom. The van der Waals surface area contributed by atoms with E-state index < -0.39 is 33.7 Å². The first-order chi connectivity index (χ1) is 14.2. The molecule has 156 valence electrons. The van der Waals surface area contributed by atoms with E-state index >= 15 is 0 Å². The second-order valence-electron chi connectivity index (χ2n) is 6.24. The van der Waals surface area contributed by atoms with Crippen LogP contribution < -0.4 is 14.6 Å². The molecule has 0 radical (unpaired) electrons. The lowest BCUT2D eigenvalue weighted by molar-refractivity contribution is -0.305. The number of carbonyl (C=O) groups excluding carboxylic acids is 2. The summed E-state index contributed by atoms with van der Waals surface area (Å²) in [7, 11) is -3.93. The van der Waals surface area contributed by atoms with E-state index in [1.54, 1.807) is 24.3 Å². The molecule has 1 aliphatic rings. The Morgan fingerprint density at radius 3 is 2.50 bits per heavy atom. The summed E-state index contributed by atoms with van der Waals surface area (Å²) in [5, 5.41) is 20.1. The van der Waals surface area contributed by atoms with Crippen molar-refractivity contribution in [3.05, 3.63) is 59.7 Å². The van der Waals surface area contributed by atoms with Gasteiger partial charge in [0.25, 0.3) is 0 Å². The monoisotopic (exact) mass is 446 g/mol. The van der Waals surface area contributed by atoms with E-state index in [-0.39, 0.29) is 15.8 Å². The first-order valence-corrected chi connectivity index (χ1v) is 10.9. The van der Waals surface area contributed by atoms with Crippen LogP contribution in [0.5, 0.6) is 5.75 Å². The summed E-state index contributed by atoms with van der Waals surface area (Å²) in [5.41, 5.74) is 1.55. The highest BCUT2D eigenvalue weighted by atomic mass is 32.2. The fourth-order valence-corrected chi connectivity index (χ4v) is 4.21. The number of nitrogens with zero attached hydrogens (tertiary/aromatic N) is 2. The van der Waals surface area contributed by atoms with Crippen LogP contribution in [-0.4, -0.2) is 36.9 Å². The van der Waals surface area contributed by atoms with Gasteiger partial charge in [0.05, 0.1) is 11.5 Å². The van der Waals surface area contributed by atoms with Gasteiger partial charge in [0, 0.05) is 12.4 Å². The van der Waals surface area contributed by atoms with E-state index in [0.717, 1.165) is 17.3 Å². The topological polar surface area (TPSA) is 137 Å². The maximum atomic E-state index is 12.3. The highest BCUT2D eigenvalue weighted by Gasteiger charge is 2.30. The second-order valence-corrected chi connectivity index (χ2v) is 8.98. The van der Waals surface area contributed by atoms with Gasteiger partial charge in [-0.1, -0.05) is 29.5 Å². The zero-order valence-corrected chi connectivity index (χ0v) is 17.3. The number of nitrogens with one attached hydrogen (secondary N) is 1. The van der Waals surface area contributed by atoms with Gasteiger partial charge in [0.15, 0.2) is 5.17 Å². The minimum Gasteiger partial charge on any atom is -0.550 e. The van der Waals surface area contributed by atoms with Crippen molar-refractivity contribution in [3.8, 4) is 5.75 Å². The van der Waals surface area contributed by atoms with Crippen molar-refractivity contribution in [2.75, 3.05) is 0 Å². The van der Waals surface area contributed by atoms with Gasteiger partial charge in [-0.25, -0.2) is 0 Å². The Labute approximate surface area is 177 Å². The SMILES string of the molecule is Cc1ccc(S(=O)(=O)Oc2ccc(/C=N\N=C3\NC(=O)[C@H](CC(=O)[O-])S3)cc2)cc1. The average molecular weight is 446 g/mol. The van der Waals surface area contributed by atoms with Gasteiger partial charge in [-0.3, -0.25) is 4.79 Å². The molecule has 30 heavy (non-hydrogen) atoms. The largest absolute Gasteiger partial charge is 0.550 e. The lowest BCUT2D eigenvalue weighted by atomic mass is 10.2. The molecule has 0 unspecified atom stereocenters. The zero-order chi connectivity index (χ0) is 21.7. The molecule has 1 saturated heterocycles. The van der Waals surface area contributed by atoms with Crippen LogP contribution in [0.2, 0.25) is 0 Å². The number of carboxylic acids is 1. The molecule has 1 amide bonds. The molecule has 0 spiro atoms. The Hall–Kier alpha value is -3.18. The number of thioether (sulfide) groups is 1. The molecule has 0 aliphatic carbocycles. The van der Waals surface area contributed by atoms with Crippen molar-refractivity contribution in [1.29, 1.82) is 0 Å². The Bertz CT molecular complexity index is 1110. The fourth-order valence-electron chi connectivity index (χ4n) is 2.38. The summed E-state index contributed by atoms with van der Waals surface area (Å²) in [6, 6.07) is 12.4. The molecular weight excluding hydrogens is 430 g/mol. The molecule has 1 N–H and O–H groups in total. The maximum Gasteiger partial charge on any atom is 0.339 e. The van der Waals surface area contributed by atoms with Crippen LogP contribution in [0.15, 0.2) is 63.6 Å². The van der Waals surface area contributed by atoms with Crippen molar-refractivity contribution in [3.63, 3.8) is 0 Å². The molecule has 11 heteroatoms. The third-order valence-corrected chi connectivity index (χ3v) is 6.21. The predicted molar refractivity (Wildman–Crippen MR) is 110 cm³/mol. The van der Waals surface area contributed by atoms with Gasteiger partial charge in [-0.2, -0.15) is 13.5 Å². The van der Waals surface area contributed by atoms with Crippen LogP contribution in [0.1, 0.15) is 17.5 Å². The number of amides is 1. The lowest BCUT2D eigenvalue weighted by Crippen LogP contribution is -2.31. The van der Waals surface area contributed by atoms with Crippen LogP contribution in [0, 0.1) is 6.92 Å². The Balaban J connectivity index is 1.61. The highest BCUT2D eigenvalue weighted by molar-refractivity contribution is 8.15. The van der Waals surface area contributed by atoms with E-state index in [2.05, 4.69) is 15.5 Å². The number of rotatable bonds is 7. The summed E-state index contributed by atoms with van der Waals surface area (Å²) >= 11 is 0.958. The van der Waals surface area contributed by atoms with E-state index in [1.165, 1.54) is 30.5 Å². The highest BCUT2D eigenvalue weighted by Crippen LogP contribution is 2.22. The molecule has 0 aromatic heterocycles. The number of carbonyl (C=O) groups is 2. The van der Waals surface area contributed by atoms with Gasteiger partial charge in [0.1, 0.15) is 10.6 Å². The van der Waals surface area contributed by atoms with Gasteiger partial charge < -0.3 is 19.4 Å². The molecule has 3 rings (SSSR count). The van der Waals surface area contributed by atoms with Gasteiger partial charge in [0.2, 0.25) is 5.91 Å². The van der Waals surface area contributed by atoms with E-state index in [0.29, 0.717) is 5.56 Å². The first kappa shape index (κ1) is 21.5. The summed E-state index contributed by atoms with van der Waals surface area (Å²) in [5.74, 6) is -1.64. The molecule has 9 nitrogen and oxygen atoms in total. The number of hydrogen-bond donors (Lipinski definition) is 1. The van der Waals surface area contributed by atoms with Crippen LogP contribution in [-0.2, 0) is 19.7 Å². The quantitative estimate of drug-likeness (QED) is 0.378. The molecule has 2 aromatic carbocycles. The number of hydrogen-bond acceptors (Lipinski definition) is 9. The fraction of sp³-hybridized carbons (Fsp3) is 0.158.